The van der Waals surface area contributed by atoms with Crippen molar-refractivity contribution in [2.24, 2.45) is 0 Å². The molecule has 0 bridgehead atoms. The van der Waals surface area contributed by atoms with Crippen molar-refractivity contribution in [3.63, 3.8) is 0 Å². The van der Waals surface area contributed by atoms with Gasteiger partial charge >= 0.3 is 5.97 Å². The molecule has 0 atom stereocenters. The van der Waals surface area contributed by atoms with E-state index in [1.165, 1.54) is 6.07 Å². The van der Waals surface area contributed by atoms with Gasteiger partial charge in [-0.25, -0.2) is 4.79 Å². The predicted octanol–water partition coefficient (Wildman–Crippen LogP) is 2.38. The molecule has 1 heterocycles. The summed E-state index contributed by atoms with van der Waals surface area (Å²) in [5.74, 6) is -0.656. The van der Waals surface area contributed by atoms with E-state index >= 15 is 0 Å². The lowest BCUT2D eigenvalue weighted by atomic mass is 10.2. The maximum absolute atomic E-state index is 11.0. The number of benzene rings is 1. The molecule has 0 spiro atoms. The van der Waals surface area contributed by atoms with Gasteiger partial charge in [-0.2, -0.15) is 0 Å². The van der Waals surface area contributed by atoms with Crippen molar-refractivity contribution in [1.82, 2.24) is 4.98 Å². The molecule has 0 unspecified atom stereocenters. The number of para-hydroxylation sites is 1. The minimum Gasteiger partial charge on any atom is -0.490 e. The van der Waals surface area contributed by atoms with E-state index in [2.05, 4.69) is 4.98 Å². The van der Waals surface area contributed by atoms with E-state index in [0.717, 1.165) is 5.69 Å². The highest BCUT2D eigenvalue weighted by molar-refractivity contribution is 5.90. The average Bonchev–Trinajstić information content (AvgIpc) is 2.48. The summed E-state index contributed by atoms with van der Waals surface area (Å²) in [6, 6.07) is 12.1. The van der Waals surface area contributed by atoms with Crippen molar-refractivity contribution in [3.05, 3.63) is 59.9 Å². The lowest BCUT2D eigenvalue weighted by molar-refractivity contribution is 0.0680. The van der Waals surface area contributed by atoms with Gasteiger partial charge in [-0.05, 0) is 24.3 Å². The highest BCUT2D eigenvalue weighted by Gasteiger charge is 2.09. The number of carbonyl (C=O) groups is 1. The van der Waals surface area contributed by atoms with Gasteiger partial charge in [-0.15, -0.1) is 0 Å². The number of carboxylic acids is 1. The molecule has 5 nitrogen and oxygen atoms in total. The van der Waals surface area contributed by atoms with Gasteiger partial charge < -0.3 is 14.6 Å². The molecule has 1 aromatic heterocycles. The van der Waals surface area contributed by atoms with Gasteiger partial charge in [0.2, 0.25) is 0 Å². The Hall–Kier alpha value is -2.40. The number of hydrogen-bond donors (Lipinski definition) is 1. The molecule has 0 aliphatic heterocycles. The first kappa shape index (κ1) is 14.0. The Morgan fingerprint density at radius 3 is 2.65 bits per heavy atom. The van der Waals surface area contributed by atoms with Gasteiger partial charge in [0, 0.05) is 6.20 Å². The van der Waals surface area contributed by atoms with Crippen molar-refractivity contribution < 1.29 is 19.4 Å². The summed E-state index contributed by atoms with van der Waals surface area (Å²) in [5, 5.41) is 9.00. The SMILES string of the molecule is O=C(O)c1ccccc1OCCOCc1ccccn1. The van der Waals surface area contributed by atoms with Gasteiger partial charge in [-0.1, -0.05) is 18.2 Å². The van der Waals surface area contributed by atoms with Crippen LogP contribution in [0, 0.1) is 0 Å². The Morgan fingerprint density at radius 1 is 1.10 bits per heavy atom. The quantitative estimate of drug-likeness (QED) is 0.784. The predicted molar refractivity (Wildman–Crippen MR) is 72.8 cm³/mol. The molecule has 0 saturated carbocycles. The molecule has 0 saturated heterocycles. The molecular weight excluding hydrogens is 258 g/mol. The molecule has 1 aromatic carbocycles. The van der Waals surface area contributed by atoms with Crippen molar-refractivity contribution >= 4 is 5.97 Å². The first-order valence-electron chi connectivity index (χ1n) is 6.20. The third-order valence-corrected chi connectivity index (χ3v) is 2.58. The van der Waals surface area contributed by atoms with Gasteiger partial charge in [0.25, 0.3) is 0 Å². The first-order chi connectivity index (χ1) is 9.77. The van der Waals surface area contributed by atoms with Crippen molar-refractivity contribution in [3.8, 4) is 5.75 Å². The van der Waals surface area contributed by atoms with E-state index in [0.29, 0.717) is 19.0 Å². The Bertz CT molecular complexity index is 557. The summed E-state index contributed by atoms with van der Waals surface area (Å²) >= 11 is 0. The standard InChI is InChI=1S/C15H15NO4/c17-15(18)13-6-1-2-7-14(13)20-10-9-19-11-12-5-3-4-8-16-12/h1-8H,9-11H2,(H,17,18). The number of aromatic carboxylic acids is 1. The Labute approximate surface area is 116 Å². The smallest absolute Gasteiger partial charge is 0.339 e. The van der Waals surface area contributed by atoms with Crippen LogP contribution in [-0.4, -0.2) is 29.3 Å². The third-order valence-electron chi connectivity index (χ3n) is 2.58. The molecule has 2 aromatic rings. The van der Waals surface area contributed by atoms with Crippen LogP contribution >= 0.6 is 0 Å². The van der Waals surface area contributed by atoms with Crippen LogP contribution in [0.1, 0.15) is 16.1 Å². The number of nitrogens with zero attached hydrogens (tertiary/aromatic N) is 1. The highest BCUT2D eigenvalue weighted by atomic mass is 16.5. The van der Waals surface area contributed by atoms with Crippen molar-refractivity contribution in [2.45, 2.75) is 6.61 Å². The maximum atomic E-state index is 11.0. The van der Waals surface area contributed by atoms with Crippen LogP contribution in [0.3, 0.4) is 0 Å². The Balaban J connectivity index is 1.75. The van der Waals surface area contributed by atoms with E-state index in [9.17, 15) is 4.79 Å². The minimum absolute atomic E-state index is 0.150. The summed E-state index contributed by atoms with van der Waals surface area (Å²) in [4.78, 5) is 15.1. The van der Waals surface area contributed by atoms with Crippen LogP contribution in [0.25, 0.3) is 0 Å². The van der Waals surface area contributed by atoms with Crippen LogP contribution < -0.4 is 4.74 Å². The second kappa shape index (κ2) is 7.25. The molecule has 0 fully saturated rings. The minimum atomic E-state index is -1.00. The third kappa shape index (κ3) is 4.07. The van der Waals surface area contributed by atoms with E-state index in [1.807, 2.05) is 18.2 Å². The fourth-order valence-electron chi connectivity index (χ4n) is 1.64. The zero-order valence-electron chi connectivity index (χ0n) is 10.9. The van der Waals surface area contributed by atoms with Crippen LogP contribution in [-0.2, 0) is 11.3 Å². The van der Waals surface area contributed by atoms with Crippen LogP contribution in [0.4, 0.5) is 0 Å². The molecule has 0 amide bonds. The average molecular weight is 273 g/mol. The Kier molecular flexibility index (Phi) is 5.08. The van der Waals surface area contributed by atoms with Crippen molar-refractivity contribution in [2.75, 3.05) is 13.2 Å². The lowest BCUT2D eigenvalue weighted by Gasteiger charge is -2.09. The van der Waals surface area contributed by atoms with E-state index in [1.54, 1.807) is 24.4 Å². The number of rotatable bonds is 7. The zero-order valence-corrected chi connectivity index (χ0v) is 10.9. The van der Waals surface area contributed by atoms with E-state index in [-0.39, 0.29) is 12.2 Å². The topological polar surface area (TPSA) is 68.7 Å². The number of pyridine rings is 1. The highest BCUT2D eigenvalue weighted by Crippen LogP contribution is 2.17. The monoisotopic (exact) mass is 273 g/mol. The molecule has 2 rings (SSSR count). The molecular formula is C15H15NO4. The van der Waals surface area contributed by atoms with E-state index < -0.39 is 5.97 Å². The molecule has 0 aliphatic carbocycles. The number of carboxylic acid groups (broad SMARTS) is 1. The second-order valence-electron chi connectivity index (χ2n) is 4.02. The van der Waals surface area contributed by atoms with Gasteiger partial charge in [0.15, 0.2) is 0 Å². The summed E-state index contributed by atoms with van der Waals surface area (Å²) < 4.78 is 10.8. The number of ether oxygens (including phenoxy) is 2. The summed E-state index contributed by atoms with van der Waals surface area (Å²) in [7, 11) is 0. The summed E-state index contributed by atoms with van der Waals surface area (Å²) in [6.45, 7) is 1.06. The molecule has 104 valence electrons. The second-order valence-corrected chi connectivity index (χ2v) is 4.02. The molecule has 1 N–H and O–H groups in total. The molecule has 0 radical (unpaired) electrons. The largest absolute Gasteiger partial charge is 0.490 e. The van der Waals surface area contributed by atoms with Crippen LogP contribution in [0.2, 0.25) is 0 Å². The fraction of sp³-hybridized carbons (Fsp3) is 0.200. The fourth-order valence-corrected chi connectivity index (χ4v) is 1.64. The normalized spacial score (nSPS) is 10.2. The van der Waals surface area contributed by atoms with E-state index in [4.69, 9.17) is 14.6 Å². The van der Waals surface area contributed by atoms with Gasteiger partial charge in [0.1, 0.15) is 17.9 Å². The maximum Gasteiger partial charge on any atom is 0.339 e. The van der Waals surface area contributed by atoms with Crippen molar-refractivity contribution in [1.29, 1.82) is 0 Å². The summed E-state index contributed by atoms with van der Waals surface area (Å²) in [6.07, 6.45) is 1.71. The molecule has 20 heavy (non-hydrogen) atoms. The number of hydrogen-bond acceptors (Lipinski definition) is 4. The van der Waals surface area contributed by atoms with Crippen LogP contribution in [0.5, 0.6) is 5.75 Å². The van der Waals surface area contributed by atoms with Gasteiger partial charge in [-0.3, -0.25) is 4.98 Å². The molecule has 5 heteroatoms. The zero-order chi connectivity index (χ0) is 14.2. The first-order valence-corrected chi connectivity index (χ1v) is 6.20. The lowest BCUT2D eigenvalue weighted by Crippen LogP contribution is -2.09. The summed E-state index contributed by atoms with van der Waals surface area (Å²) in [5.41, 5.74) is 0.996. The van der Waals surface area contributed by atoms with Crippen LogP contribution in [0.15, 0.2) is 48.7 Å². The Morgan fingerprint density at radius 2 is 1.90 bits per heavy atom. The van der Waals surface area contributed by atoms with Gasteiger partial charge in [0.05, 0.1) is 18.9 Å². The molecule has 0 aliphatic rings. The number of aromatic nitrogens is 1.